The molecule has 0 saturated heterocycles. The van der Waals surface area contributed by atoms with Gasteiger partial charge in [0.2, 0.25) is 5.91 Å². The van der Waals surface area contributed by atoms with E-state index in [0.29, 0.717) is 6.61 Å². The van der Waals surface area contributed by atoms with Crippen LogP contribution in [0, 0.1) is 5.41 Å². The van der Waals surface area contributed by atoms with Gasteiger partial charge in [-0.25, -0.2) is 0 Å². The predicted molar refractivity (Wildman–Crippen MR) is 142 cm³/mol. The van der Waals surface area contributed by atoms with E-state index in [9.17, 15) is 9.90 Å². The van der Waals surface area contributed by atoms with Crippen molar-refractivity contribution in [2.75, 3.05) is 6.61 Å². The van der Waals surface area contributed by atoms with Crippen LogP contribution in [0.4, 0.5) is 0 Å². The lowest BCUT2D eigenvalue weighted by molar-refractivity contribution is -0.130. The Balaban J connectivity index is 2.30. The molecule has 0 radical (unpaired) electrons. The van der Waals surface area contributed by atoms with Gasteiger partial charge in [0.05, 0.1) is 25.4 Å². The van der Waals surface area contributed by atoms with Crippen LogP contribution in [0.1, 0.15) is 110 Å². The minimum absolute atomic E-state index is 0.0970. The average Bonchev–Trinajstić information content (AvgIpc) is 2.81. The number of rotatable bonds is 19. The van der Waals surface area contributed by atoms with Crippen LogP contribution in [0.15, 0.2) is 36.7 Å². The zero-order chi connectivity index (χ0) is 25.1. The van der Waals surface area contributed by atoms with Gasteiger partial charge < -0.3 is 15.2 Å². The van der Waals surface area contributed by atoms with E-state index < -0.39 is 17.6 Å². The number of pyridine rings is 1. The van der Waals surface area contributed by atoms with Crippen LogP contribution < -0.4 is 5.32 Å². The molecule has 0 aliphatic heterocycles. The van der Waals surface area contributed by atoms with Crippen molar-refractivity contribution in [1.29, 1.82) is 0 Å². The van der Waals surface area contributed by atoms with Crippen LogP contribution in [-0.4, -0.2) is 34.8 Å². The van der Waals surface area contributed by atoms with Crippen LogP contribution in [-0.2, 0) is 16.1 Å². The monoisotopic (exact) mass is 474 g/mol. The summed E-state index contributed by atoms with van der Waals surface area (Å²) < 4.78 is 5.79. The number of nitrogens with one attached hydrogen (secondary N) is 1. The molecule has 2 atom stereocenters. The van der Waals surface area contributed by atoms with Gasteiger partial charge in [-0.15, -0.1) is 0 Å². The molecule has 2 N–H and O–H groups in total. The highest BCUT2D eigenvalue weighted by Gasteiger charge is 2.27. The molecule has 0 saturated carbocycles. The first-order valence-electron chi connectivity index (χ1n) is 13.5. The quantitative estimate of drug-likeness (QED) is 0.172. The minimum atomic E-state index is -0.784. The molecule has 0 fully saturated rings. The minimum Gasteiger partial charge on any atom is -0.387 e. The zero-order valence-corrected chi connectivity index (χ0v) is 22.2. The fourth-order valence-electron chi connectivity index (χ4n) is 3.69. The Morgan fingerprint density at radius 1 is 1.06 bits per heavy atom. The van der Waals surface area contributed by atoms with E-state index >= 15 is 0 Å². The molecule has 1 heterocycles. The maximum Gasteiger partial charge on any atom is 0.225 e. The number of aliphatic hydroxyl groups excluding tert-OH is 1. The van der Waals surface area contributed by atoms with Crippen LogP contribution in [0.25, 0.3) is 0 Å². The molecule has 1 aromatic rings. The standard InChI is InChI=1S/C29H50N2O3/c1-5-6-7-8-9-10-11-12-13-14-15-16-17-20-27(32)26(31-28(33)29(2,3)4)24-34-23-25-19-18-21-30-22-25/h17-22,26-27,32H,5-16,23-24H2,1-4H3,(H,31,33)/b20-17+/t26-,27+/m0/s1. The van der Waals surface area contributed by atoms with Gasteiger partial charge in [0.15, 0.2) is 0 Å². The Bertz CT molecular complexity index is 655. The molecular weight excluding hydrogens is 424 g/mol. The first-order valence-corrected chi connectivity index (χ1v) is 13.5. The summed E-state index contributed by atoms with van der Waals surface area (Å²) in [7, 11) is 0. The number of aliphatic hydroxyl groups is 1. The Hall–Kier alpha value is -1.72. The molecule has 0 aliphatic rings. The van der Waals surface area contributed by atoms with Gasteiger partial charge in [0, 0.05) is 17.8 Å². The van der Waals surface area contributed by atoms with Gasteiger partial charge in [-0.1, -0.05) is 110 Å². The number of carbonyl (C=O) groups is 1. The third-order valence-electron chi connectivity index (χ3n) is 6.01. The summed E-state index contributed by atoms with van der Waals surface area (Å²) in [6.07, 6.45) is 22.1. The van der Waals surface area contributed by atoms with Crippen molar-refractivity contribution in [2.45, 2.75) is 123 Å². The lowest BCUT2D eigenvalue weighted by atomic mass is 9.95. The Labute approximate surface area is 208 Å². The second-order valence-corrected chi connectivity index (χ2v) is 10.4. The maximum atomic E-state index is 12.5. The topological polar surface area (TPSA) is 71.5 Å². The SMILES string of the molecule is CCCCCCCCCCCCC/C=C/[C@@H](O)[C@H](COCc1cccnc1)NC(=O)C(C)(C)C. The third-order valence-corrected chi connectivity index (χ3v) is 6.01. The van der Waals surface area contributed by atoms with Gasteiger partial charge >= 0.3 is 0 Å². The molecule has 0 aliphatic carbocycles. The second-order valence-electron chi connectivity index (χ2n) is 10.4. The highest BCUT2D eigenvalue weighted by Crippen LogP contribution is 2.15. The van der Waals surface area contributed by atoms with Crippen LogP contribution in [0.3, 0.4) is 0 Å². The van der Waals surface area contributed by atoms with Crippen molar-refractivity contribution >= 4 is 5.91 Å². The van der Waals surface area contributed by atoms with Crippen molar-refractivity contribution < 1.29 is 14.6 Å². The number of ether oxygens (including phenoxy) is 1. The number of hydrogen-bond donors (Lipinski definition) is 2. The van der Waals surface area contributed by atoms with Gasteiger partial charge in [0.1, 0.15) is 0 Å². The van der Waals surface area contributed by atoms with Gasteiger partial charge in [0.25, 0.3) is 0 Å². The smallest absolute Gasteiger partial charge is 0.225 e. The molecule has 1 amide bonds. The van der Waals surface area contributed by atoms with Gasteiger partial charge in [-0.2, -0.15) is 0 Å². The number of carbonyl (C=O) groups excluding carboxylic acids is 1. The fourth-order valence-corrected chi connectivity index (χ4v) is 3.69. The second kappa shape index (κ2) is 18.6. The number of hydrogen-bond acceptors (Lipinski definition) is 4. The van der Waals surface area contributed by atoms with Crippen LogP contribution in [0.2, 0.25) is 0 Å². The normalized spacial score (nSPS) is 13.8. The first-order chi connectivity index (χ1) is 16.3. The molecule has 0 spiro atoms. The summed E-state index contributed by atoms with van der Waals surface area (Å²) in [6.45, 7) is 8.49. The van der Waals surface area contributed by atoms with Crippen LogP contribution in [0.5, 0.6) is 0 Å². The van der Waals surface area contributed by atoms with E-state index in [1.54, 1.807) is 18.5 Å². The van der Waals surface area contributed by atoms with Crippen molar-refractivity contribution in [3.8, 4) is 0 Å². The van der Waals surface area contributed by atoms with E-state index in [2.05, 4.69) is 17.2 Å². The summed E-state index contributed by atoms with van der Waals surface area (Å²) in [6, 6.07) is 3.32. The molecule has 0 unspecified atom stereocenters. The molecule has 1 aromatic heterocycles. The molecule has 5 nitrogen and oxygen atoms in total. The summed E-state index contributed by atoms with van der Waals surface area (Å²) >= 11 is 0. The Morgan fingerprint density at radius 3 is 2.24 bits per heavy atom. The third kappa shape index (κ3) is 15.2. The largest absolute Gasteiger partial charge is 0.387 e. The molecule has 0 aromatic carbocycles. The van der Waals surface area contributed by atoms with E-state index in [-0.39, 0.29) is 12.5 Å². The first kappa shape index (κ1) is 30.3. The fraction of sp³-hybridized carbons (Fsp3) is 0.724. The van der Waals surface area contributed by atoms with E-state index in [4.69, 9.17) is 4.74 Å². The van der Waals surface area contributed by atoms with Crippen LogP contribution >= 0.6 is 0 Å². The average molecular weight is 475 g/mol. The summed E-state index contributed by atoms with van der Waals surface area (Å²) in [4.78, 5) is 16.6. The summed E-state index contributed by atoms with van der Waals surface area (Å²) in [5.74, 6) is -0.0970. The zero-order valence-electron chi connectivity index (χ0n) is 22.2. The van der Waals surface area contributed by atoms with Crippen molar-refractivity contribution in [2.24, 2.45) is 5.41 Å². The summed E-state index contributed by atoms with van der Waals surface area (Å²) in [5.41, 5.74) is 0.436. The highest BCUT2D eigenvalue weighted by atomic mass is 16.5. The van der Waals surface area contributed by atoms with Crippen molar-refractivity contribution in [3.05, 3.63) is 42.2 Å². The Kier molecular flexibility index (Phi) is 16.6. The van der Waals surface area contributed by atoms with Gasteiger partial charge in [-0.3, -0.25) is 9.78 Å². The number of allylic oxidation sites excluding steroid dienone is 1. The lowest BCUT2D eigenvalue weighted by Gasteiger charge is -2.26. The molecule has 34 heavy (non-hydrogen) atoms. The Morgan fingerprint density at radius 2 is 1.68 bits per heavy atom. The number of amides is 1. The lowest BCUT2D eigenvalue weighted by Crippen LogP contribution is -2.49. The number of aromatic nitrogens is 1. The van der Waals surface area contributed by atoms with Crippen molar-refractivity contribution in [3.63, 3.8) is 0 Å². The predicted octanol–water partition coefficient (Wildman–Crippen LogP) is 6.75. The van der Waals surface area contributed by atoms with Gasteiger partial charge in [-0.05, 0) is 24.5 Å². The molecule has 1 rings (SSSR count). The molecule has 0 bridgehead atoms. The number of unbranched alkanes of at least 4 members (excludes halogenated alkanes) is 11. The molecule has 194 valence electrons. The maximum absolute atomic E-state index is 12.5. The van der Waals surface area contributed by atoms with Crippen molar-refractivity contribution in [1.82, 2.24) is 10.3 Å². The summed E-state index contributed by atoms with van der Waals surface area (Å²) in [5, 5.41) is 13.7. The van der Waals surface area contributed by atoms with E-state index in [1.807, 2.05) is 39.0 Å². The molecule has 5 heteroatoms. The van der Waals surface area contributed by atoms with E-state index in [1.165, 1.54) is 64.2 Å². The van der Waals surface area contributed by atoms with E-state index in [0.717, 1.165) is 18.4 Å². The highest BCUT2D eigenvalue weighted by molar-refractivity contribution is 5.81. The number of nitrogens with zero attached hydrogens (tertiary/aromatic N) is 1. The molecular formula is C29H50N2O3.